The van der Waals surface area contributed by atoms with Gasteiger partial charge in [0.05, 0.1) is 23.6 Å². The fourth-order valence-corrected chi connectivity index (χ4v) is 5.25. The Hall–Kier alpha value is -1.44. The molecule has 3 aliphatic rings. The molecule has 0 radical (unpaired) electrons. The highest BCUT2D eigenvalue weighted by Gasteiger charge is 2.42. The number of thiophene rings is 1. The van der Waals surface area contributed by atoms with Gasteiger partial charge in [0.25, 0.3) is 5.91 Å². The van der Waals surface area contributed by atoms with Crippen molar-refractivity contribution in [2.45, 2.75) is 31.3 Å². The number of likely N-dealkylation sites (tertiary alicyclic amines) is 1. The van der Waals surface area contributed by atoms with Gasteiger partial charge in [-0.1, -0.05) is 0 Å². The van der Waals surface area contributed by atoms with E-state index in [1.54, 1.807) is 16.2 Å². The predicted molar refractivity (Wildman–Crippen MR) is 95.9 cm³/mol. The van der Waals surface area contributed by atoms with Gasteiger partial charge < -0.3 is 19.9 Å². The molecule has 2 amide bonds. The van der Waals surface area contributed by atoms with Crippen molar-refractivity contribution in [3.05, 3.63) is 21.4 Å². The first kappa shape index (κ1) is 17.0. The first-order valence-electron chi connectivity index (χ1n) is 9.09. The molecule has 0 aromatic carbocycles. The second kappa shape index (κ2) is 6.70. The first-order valence-corrected chi connectivity index (χ1v) is 9.91. The van der Waals surface area contributed by atoms with Crippen LogP contribution in [-0.2, 0) is 21.6 Å². The Bertz CT molecular complexity index is 679. The summed E-state index contributed by atoms with van der Waals surface area (Å²) in [6.45, 7) is 4.21. The molecular weight excluding hydrogens is 338 g/mol. The number of carbonyl (C=O) groups is 2. The molecule has 1 spiro atoms. The number of hydrogen-bond acceptors (Lipinski definition) is 5. The molecule has 4 rings (SSSR count). The summed E-state index contributed by atoms with van der Waals surface area (Å²) in [4.78, 5) is 30.8. The molecular formula is C18H25N3O3S. The fourth-order valence-electron chi connectivity index (χ4n) is 4.05. The van der Waals surface area contributed by atoms with Gasteiger partial charge in [-0.15, -0.1) is 11.3 Å². The minimum atomic E-state index is -0.217. The number of piperidine rings is 1. The standard InChI is InChI=1S/C18H25N3O3S/c1-20-8-4-18(5-9-20)13-11-15(25-14(13)3-10-24-18)17(23)21-7-2-6-19-16(22)12-21/h11H,2-10,12H2,1H3,(H,19,22). The number of ether oxygens (including phenoxy) is 1. The third-order valence-corrected chi connectivity index (χ3v) is 6.74. The van der Waals surface area contributed by atoms with Crippen molar-refractivity contribution in [3.8, 4) is 0 Å². The van der Waals surface area contributed by atoms with E-state index in [0.717, 1.165) is 50.3 Å². The Morgan fingerprint density at radius 2 is 2.12 bits per heavy atom. The van der Waals surface area contributed by atoms with E-state index in [1.807, 2.05) is 0 Å². The van der Waals surface area contributed by atoms with E-state index in [-0.39, 0.29) is 24.0 Å². The molecule has 4 heterocycles. The van der Waals surface area contributed by atoms with Gasteiger partial charge in [-0.2, -0.15) is 0 Å². The second-order valence-electron chi connectivity index (χ2n) is 7.27. The van der Waals surface area contributed by atoms with Crippen LogP contribution in [0, 0.1) is 0 Å². The molecule has 0 atom stereocenters. The average molecular weight is 363 g/mol. The number of carbonyl (C=O) groups excluding carboxylic acids is 2. The molecule has 0 unspecified atom stereocenters. The van der Waals surface area contributed by atoms with E-state index < -0.39 is 0 Å². The minimum absolute atomic E-state index is 0.0143. The monoisotopic (exact) mass is 363 g/mol. The van der Waals surface area contributed by atoms with Crippen molar-refractivity contribution in [2.75, 3.05) is 46.4 Å². The third-order valence-electron chi connectivity index (χ3n) is 5.56. The topological polar surface area (TPSA) is 61.9 Å². The molecule has 6 nitrogen and oxygen atoms in total. The first-order chi connectivity index (χ1) is 12.1. The number of amides is 2. The van der Waals surface area contributed by atoms with Gasteiger partial charge in [0.15, 0.2) is 0 Å². The molecule has 2 fully saturated rings. The Kier molecular flexibility index (Phi) is 4.56. The second-order valence-corrected chi connectivity index (χ2v) is 8.41. The Balaban J connectivity index is 1.59. The van der Waals surface area contributed by atoms with E-state index in [9.17, 15) is 9.59 Å². The van der Waals surface area contributed by atoms with Crippen LogP contribution in [0.3, 0.4) is 0 Å². The fraction of sp³-hybridized carbons (Fsp3) is 0.667. The van der Waals surface area contributed by atoms with Gasteiger partial charge >= 0.3 is 0 Å². The largest absolute Gasteiger partial charge is 0.370 e. The van der Waals surface area contributed by atoms with Crippen molar-refractivity contribution in [1.82, 2.24) is 15.1 Å². The summed E-state index contributed by atoms with van der Waals surface area (Å²) in [7, 11) is 2.14. The van der Waals surface area contributed by atoms with Gasteiger partial charge in [-0.05, 0) is 37.9 Å². The summed E-state index contributed by atoms with van der Waals surface area (Å²) in [5, 5.41) is 2.83. The lowest BCUT2D eigenvalue weighted by molar-refractivity contribution is -0.121. The van der Waals surface area contributed by atoms with E-state index in [2.05, 4.69) is 23.3 Å². The summed E-state index contributed by atoms with van der Waals surface area (Å²) in [6.07, 6.45) is 3.65. The Morgan fingerprint density at radius 1 is 1.32 bits per heavy atom. The van der Waals surface area contributed by atoms with Crippen LogP contribution in [0.15, 0.2) is 6.07 Å². The maximum absolute atomic E-state index is 12.9. The van der Waals surface area contributed by atoms with Crippen molar-refractivity contribution in [2.24, 2.45) is 0 Å². The van der Waals surface area contributed by atoms with Crippen LogP contribution in [0.2, 0.25) is 0 Å². The molecule has 1 aromatic heterocycles. The van der Waals surface area contributed by atoms with Gasteiger partial charge in [-0.3, -0.25) is 9.59 Å². The number of rotatable bonds is 1. The maximum Gasteiger partial charge on any atom is 0.264 e. The van der Waals surface area contributed by atoms with Crippen LogP contribution in [0.1, 0.15) is 39.4 Å². The highest BCUT2D eigenvalue weighted by atomic mass is 32.1. The van der Waals surface area contributed by atoms with Crippen LogP contribution in [0.4, 0.5) is 0 Å². The lowest BCUT2D eigenvalue weighted by Crippen LogP contribution is -2.44. The summed E-state index contributed by atoms with van der Waals surface area (Å²) < 4.78 is 6.25. The predicted octanol–water partition coefficient (Wildman–Crippen LogP) is 1.20. The molecule has 1 aromatic rings. The summed E-state index contributed by atoms with van der Waals surface area (Å²) in [5.74, 6) is -0.0816. The zero-order valence-corrected chi connectivity index (χ0v) is 15.5. The molecule has 0 bridgehead atoms. The molecule has 25 heavy (non-hydrogen) atoms. The van der Waals surface area contributed by atoms with Gasteiger partial charge in [-0.25, -0.2) is 0 Å². The normalized spacial score (nSPS) is 23.9. The van der Waals surface area contributed by atoms with Crippen molar-refractivity contribution in [3.63, 3.8) is 0 Å². The maximum atomic E-state index is 12.9. The molecule has 136 valence electrons. The Labute approximate surface area is 152 Å². The van der Waals surface area contributed by atoms with Gasteiger partial charge in [0, 0.05) is 37.5 Å². The van der Waals surface area contributed by atoms with E-state index >= 15 is 0 Å². The molecule has 1 N–H and O–H groups in total. The van der Waals surface area contributed by atoms with Crippen LogP contribution < -0.4 is 5.32 Å². The molecule has 3 aliphatic heterocycles. The summed E-state index contributed by atoms with van der Waals surface area (Å²) in [6, 6.07) is 2.05. The summed E-state index contributed by atoms with van der Waals surface area (Å²) in [5.41, 5.74) is 1.00. The van der Waals surface area contributed by atoms with Crippen LogP contribution in [-0.4, -0.2) is 68.0 Å². The number of nitrogens with one attached hydrogen (secondary N) is 1. The lowest BCUT2D eigenvalue weighted by atomic mass is 9.82. The van der Waals surface area contributed by atoms with Crippen LogP contribution in [0.5, 0.6) is 0 Å². The zero-order chi connectivity index (χ0) is 17.4. The Morgan fingerprint density at radius 3 is 2.92 bits per heavy atom. The van der Waals surface area contributed by atoms with Gasteiger partial charge in [0.2, 0.25) is 5.91 Å². The highest BCUT2D eigenvalue weighted by molar-refractivity contribution is 7.14. The zero-order valence-electron chi connectivity index (χ0n) is 14.7. The number of fused-ring (bicyclic) bond motifs is 2. The molecule has 0 aliphatic carbocycles. The molecule has 0 saturated carbocycles. The van der Waals surface area contributed by atoms with Crippen LogP contribution >= 0.6 is 11.3 Å². The third kappa shape index (κ3) is 3.20. The molecule has 2 saturated heterocycles. The van der Waals surface area contributed by atoms with E-state index in [1.165, 1.54) is 10.4 Å². The SMILES string of the molecule is CN1CCC2(CC1)OCCc1sc(C(=O)N3CCCNC(=O)C3)cc12. The van der Waals surface area contributed by atoms with E-state index in [0.29, 0.717) is 13.1 Å². The van der Waals surface area contributed by atoms with Crippen molar-refractivity contribution >= 4 is 23.2 Å². The minimum Gasteiger partial charge on any atom is -0.370 e. The number of nitrogens with zero attached hydrogens (tertiary/aromatic N) is 2. The smallest absolute Gasteiger partial charge is 0.264 e. The van der Waals surface area contributed by atoms with Gasteiger partial charge in [0.1, 0.15) is 0 Å². The highest BCUT2D eigenvalue weighted by Crippen LogP contribution is 2.44. The van der Waals surface area contributed by atoms with Crippen LogP contribution in [0.25, 0.3) is 0 Å². The quantitative estimate of drug-likeness (QED) is 0.815. The van der Waals surface area contributed by atoms with Crippen molar-refractivity contribution in [1.29, 1.82) is 0 Å². The lowest BCUT2D eigenvalue weighted by Gasteiger charge is -2.43. The summed E-state index contributed by atoms with van der Waals surface area (Å²) >= 11 is 1.60. The number of hydrogen-bond donors (Lipinski definition) is 1. The van der Waals surface area contributed by atoms with Crippen molar-refractivity contribution < 1.29 is 14.3 Å². The van der Waals surface area contributed by atoms with E-state index in [4.69, 9.17) is 4.74 Å². The molecule has 7 heteroatoms. The average Bonchev–Trinajstić information content (AvgIpc) is 2.94.